The van der Waals surface area contributed by atoms with E-state index in [4.69, 9.17) is 5.11 Å². The topological polar surface area (TPSA) is 75.1 Å². The normalized spacial score (nSPS) is 12.8. The molecule has 0 unspecified atom stereocenters. The number of carbonyl (C=O) groups is 1. The van der Waals surface area contributed by atoms with Gasteiger partial charge in [0, 0.05) is 11.5 Å². The van der Waals surface area contributed by atoms with Crippen molar-refractivity contribution in [3.8, 4) is 0 Å². The maximum Gasteiger partial charge on any atom is 0.326 e. The van der Waals surface area contributed by atoms with E-state index >= 15 is 0 Å². The summed E-state index contributed by atoms with van der Waals surface area (Å²) in [4.78, 5) is 15.0. The average Bonchev–Trinajstić information content (AvgIpc) is 2.49. The first-order valence-corrected chi connectivity index (χ1v) is 5.56. The number of carboxylic acids is 1. The average molecular weight is 229 g/mol. The van der Waals surface area contributed by atoms with Gasteiger partial charge >= 0.3 is 5.97 Å². The Kier molecular flexibility index (Phi) is 4.02. The third-order valence-corrected chi connectivity index (χ3v) is 2.57. The minimum atomic E-state index is -0.850. The van der Waals surface area contributed by atoms with Gasteiger partial charge in [0.15, 0.2) is 0 Å². The van der Waals surface area contributed by atoms with Crippen LogP contribution in [0, 0.1) is 12.8 Å². The summed E-state index contributed by atoms with van der Waals surface area (Å²) < 4.78 is 3.98. The molecule has 0 aliphatic rings. The first-order chi connectivity index (χ1) is 6.99. The van der Waals surface area contributed by atoms with E-state index < -0.39 is 12.0 Å². The van der Waals surface area contributed by atoms with Gasteiger partial charge in [0.05, 0.1) is 0 Å². The zero-order chi connectivity index (χ0) is 11.4. The van der Waals surface area contributed by atoms with Crippen LogP contribution in [0.4, 0.5) is 5.13 Å². The number of hydrogen-bond acceptors (Lipinski definition) is 5. The molecule has 0 bridgehead atoms. The molecule has 2 N–H and O–H groups in total. The molecule has 1 rings (SSSR count). The molecule has 1 aromatic heterocycles. The molecule has 0 spiro atoms. The second-order valence-corrected chi connectivity index (χ2v) is 4.56. The van der Waals surface area contributed by atoms with Gasteiger partial charge in [-0.2, -0.15) is 4.37 Å². The van der Waals surface area contributed by atoms with Gasteiger partial charge in [0.25, 0.3) is 0 Å². The van der Waals surface area contributed by atoms with E-state index in [1.807, 2.05) is 13.8 Å². The van der Waals surface area contributed by atoms with Crippen LogP contribution >= 0.6 is 11.5 Å². The van der Waals surface area contributed by atoms with Crippen molar-refractivity contribution >= 4 is 22.6 Å². The summed E-state index contributed by atoms with van der Waals surface area (Å²) in [7, 11) is 0. The Morgan fingerprint density at radius 1 is 1.60 bits per heavy atom. The smallest absolute Gasteiger partial charge is 0.326 e. The number of nitrogens with one attached hydrogen (secondary N) is 1. The molecule has 6 heteroatoms. The largest absolute Gasteiger partial charge is 0.480 e. The predicted molar refractivity (Wildman–Crippen MR) is 59.1 cm³/mol. The highest BCUT2D eigenvalue weighted by molar-refractivity contribution is 7.09. The summed E-state index contributed by atoms with van der Waals surface area (Å²) in [6, 6.07) is -0.586. The number of anilines is 1. The Morgan fingerprint density at radius 3 is 2.67 bits per heavy atom. The third-order valence-electron chi connectivity index (χ3n) is 1.83. The van der Waals surface area contributed by atoms with E-state index in [9.17, 15) is 4.79 Å². The lowest BCUT2D eigenvalue weighted by Gasteiger charge is -2.14. The van der Waals surface area contributed by atoms with Crippen molar-refractivity contribution in [1.29, 1.82) is 0 Å². The lowest BCUT2D eigenvalue weighted by molar-refractivity contribution is -0.138. The van der Waals surface area contributed by atoms with Crippen molar-refractivity contribution < 1.29 is 9.90 Å². The second kappa shape index (κ2) is 5.06. The Bertz CT molecular complexity index is 338. The molecule has 0 aliphatic carbocycles. The zero-order valence-electron chi connectivity index (χ0n) is 9.02. The van der Waals surface area contributed by atoms with Gasteiger partial charge in [-0.15, -0.1) is 0 Å². The van der Waals surface area contributed by atoms with Crippen molar-refractivity contribution in [1.82, 2.24) is 9.36 Å². The summed E-state index contributed by atoms with van der Waals surface area (Å²) in [5.74, 6) is 0.139. The number of aromatic nitrogens is 2. The van der Waals surface area contributed by atoms with E-state index in [-0.39, 0.29) is 0 Å². The van der Waals surface area contributed by atoms with Crippen molar-refractivity contribution in [2.75, 3.05) is 5.32 Å². The monoisotopic (exact) mass is 229 g/mol. The van der Waals surface area contributed by atoms with Crippen LogP contribution in [0.5, 0.6) is 0 Å². The van der Waals surface area contributed by atoms with Crippen molar-refractivity contribution in [2.24, 2.45) is 5.92 Å². The Labute approximate surface area is 92.7 Å². The standard InChI is InChI=1S/C9H15N3O2S/c1-5(2)4-7(8(13)14)11-9-10-6(3)12-15-9/h5,7H,4H2,1-3H3,(H,13,14)(H,10,11,12)/t7-/m0/s1. The SMILES string of the molecule is Cc1nsc(N[C@@H](CC(C)C)C(=O)O)n1. The number of hydrogen-bond donors (Lipinski definition) is 2. The van der Waals surface area contributed by atoms with Crippen LogP contribution in [0.15, 0.2) is 0 Å². The fraction of sp³-hybridized carbons (Fsp3) is 0.667. The highest BCUT2D eigenvalue weighted by atomic mass is 32.1. The Hall–Kier alpha value is -1.17. The molecular formula is C9H15N3O2S. The maximum absolute atomic E-state index is 10.9. The van der Waals surface area contributed by atoms with E-state index in [2.05, 4.69) is 14.7 Å². The lowest BCUT2D eigenvalue weighted by Crippen LogP contribution is -2.30. The molecule has 0 saturated heterocycles. The van der Waals surface area contributed by atoms with Crippen molar-refractivity contribution in [3.05, 3.63) is 5.82 Å². The van der Waals surface area contributed by atoms with Crippen LogP contribution in [0.25, 0.3) is 0 Å². The molecule has 1 heterocycles. The van der Waals surface area contributed by atoms with Crippen molar-refractivity contribution in [2.45, 2.75) is 33.2 Å². The minimum Gasteiger partial charge on any atom is -0.480 e. The summed E-state index contributed by atoms with van der Waals surface area (Å²) in [5, 5.41) is 12.4. The predicted octanol–water partition coefficient (Wildman–Crippen LogP) is 1.76. The summed E-state index contributed by atoms with van der Waals surface area (Å²) in [6.45, 7) is 5.76. The molecule has 0 saturated carbocycles. The first kappa shape index (κ1) is 11.9. The van der Waals surface area contributed by atoms with Crippen LogP contribution in [0.2, 0.25) is 0 Å². The minimum absolute atomic E-state index is 0.326. The summed E-state index contributed by atoms with van der Waals surface area (Å²) in [5.41, 5.74) is 0. The molecule has 0 aromatic carbocycles. The molecule has 0 fully saturated rings. The van der Waals surface area contributed by atoms with Gasteiger partial charge in [-0.05, 0) is 19.3 Å². The number of carboxylic acid groups (broad SMARTS) is 1. The van der Waals surface area contributed by atoms with Crippen LogP contribution in [-0.4, -0.2) is 26.5 Å². The Morgan fingerprint density at radius 2 is 2.27 bits per heavy atom. The van der Waals surface area contributed by atoms with Crippen LogP contribution in [0.1, 0.15) is 26.1 Å². The highest BCUT2D eigenvalue weighted by Crippen LogP contribution is 2.15. The van der Waals surface area contributed by atoms with Gasteiger partial charge in [-0.3, -0.25) is 0 Å². The molecule has 0 radical (unpaired) electrons. The van der Waals surface area contributed by atoms with E-state index in [0.717, 1.165) is 0 Å². The van der Waals surface area contributed by atoms with Gasteiger partial charge in [-0.25, -0.2) is 9.78 Å². The number of aryl methyl sites for hydroxylation is 1. The fourth-order valence-corrected chi connectivity index (χ4v) is 1.82. The van der Waals surface area contributed by atoms with Gasteiger partial charge in [0.1, 0.15) is 11.9 Å². The molecule has 0 amide bonds. The summed E-state index contributed by atoms with van der Waals surface area (Å²) in [6.07, 6.45) is 0.577. The molecule has 5 nitrogen and oxygen atoms in total. The van der Waals surface area contributed by atoms with Crippen molar-refractivity contribution in [3.63, 3.8) is 0 Å². The van der Waals surface area contributed by atoms with E-state index in [1.54, 1.807) is 6.92 Å². The number of aliphatic carboxylic acids is 1. The fourth-order valence-electron chi connectivity index (χ4n) is 1.20. The molecule has 0 aliphatic heterocycles. The van der Waals surface area contributed by atoms with Crippen LogP contribution in [0.3, 0.4) is 0 Å². The van der Waals surface area contributed by atoms with E-state index in [0.29, 0.717) is 23.3 Å². The molecular weight excluding hydrogens is 214 g/mol. The van der Waals surface area contributed by atoms with E-state index in [1.165, 1.54) is 11.5 Å². The number of nitrogens with zero attached hydrogens (tertiary/aromatic N) is 2. The highest BCUT2D eigenvalue weighted by Gasteiger charge is 2.19. The van der Waals surface area contributed by atoms with Crippen LogP contribution < -0.4 is 5.32 Å². The molecule has 15 heavy (non-hydrogen) atoms. The van der Waals surface area contributed by atoms with Gasteiger partial charge in [-0.1, -0.05) is 13.8 Å². The lowest BCUT2D eigenvalue weighted by atomic mass is 10.0. The summed E-state index contributed by atoms with van der Waals surface area (Å²) >= 11 is 1.19. The molecule has 1 atom stereocenters. The first-order valence-electron chi connectivity index (χ1n) is 4.78. The Balaban J connectivity index is 2.62. The zero-order valence-corrected chi connectivity index (χ0v) is 9.84. The molecule has 84 valence electrons. The maximum atomic E-state index is 10.9. The quantitative estimate of drug-likeness (QED) is 0.804. The third kappa shape index (κ3) is 3.83. The van der Waals surface area contributed by atoms with Gasteiger partial charge < -0.3 is 10.4 Å². The molecule has 1 aromatic rings. The second-order valence-electron chi connectivity index (χ2n) is 3.81. The van der Waals surface area contributed by atoms with Gasteiger partial charge in [0.2, 0.25) is 5.13 Å². The number of rotatable bonds is 5. The van der Waals surface area contributed by atoms with Crippen LogP contribution in [-0.2, 0) is 4.79 Å².